The standard InChI is InChI=1S/C24H24F3N7O/c1-12-6-20(33-34(12)2)24(35)31-15-5-3-4-14(9-15)30-23-19(27)11-29-22(32-23)17-10-28-21-16(17)7-13(25)8-18(21)26/h6-8,10-11,14-15,28H,3-5,9H2,1-2H3,(H,31,35)(H,29,30,32)/t14?,15-/m1/s1. The molecule has 11 heteroatoms. The monoisotopic (exact) mass is 483 g/mol. The molecule has 35 heavy (non-hydrogen) atoms. The van der Waals surface area contributed by atoms with Crippen molar-refractivity contribution in [3.05, 3.63) is 59.4 Å². The molecule has 1 fully saturated rings. The molecule has 8 nitrogen and oxygen atoms in total. The molecule has 1 aliphatic rings. The summed E-state index contributed by atoms with van der Waals surface area (Å²) in [7, 11) is 1.78. The van der Waals surface area contributed by atoms with E-state index in [1.54, 1.807) is 17.8 Å². The molecule has 0 saturated heterocycles. The molecule has 1 aliphatic carbocycles. The number of halogens is 3. The lowest BCUT2D eigenvalue weighted by Crippen LogP contribution is -2.42. The van der Waals surface area contributed by atoms with E-state index in [9.17, 15) is 18.0 Å². The fourth-order valence-electron chi connectivity index (χ4n) is 4.51. The number of H-pyrrole nitrogens is 1. The lowest BCUT2D eigenvalue weighted by molar-refractivity contribution is 0.0920. The Morgan fingerprint density at radius 2 is 1.94 bits per heavy atom. The van der Waals surface area contributed by atoms with Gasteiger partial charge in [-0.05, 0) is 44.7 Å². The minimum absolute atomic E-state index is 0.00134. The molecular weight excluding hydrogens is 459 g/mol. The van der Waals surface area contributed by atoms with Crippen molar-refractivity contribution in [2.24, 2.45) is 7.05 Å². The molecule has 1 unspecified atom stereocenters. The second-order valence-electron chi connectivity index (χ2n) is 8.88. The molecule has 0 radical (unpaired) electrons. The van der Waals surface area contributed by atoms with Crippen LogP contribution in [0.5, 0.6) is 0 Å². The third-order valence-corrected chi connectivity index (χ3v) is 6.39. The molecule has 3 heterocycles. The summed E-state index contributed by atoms with van der Waals surface area (Å²) in [5.74, 6) is -2.21. The highest BCUT2D eigenvalue weighted by molar-refractivity contribution is 5.94. The molecule has 1 amide bonds. The molecule has 182 valence electrons. The van der Waals surface area contributed by atoms with Crippen LogP contribution in [-0.4, -0.2) is 42.7 Å². The molecule has 1 saturated carbocycles. The smallest absolute Gasteiger partial charge is 0.272 e. The molecule has 1 aromatic carbocycles. The van der Waals surface area contributed by atoms with Gasteiger partial charge in [0.25, 0.3) is 5.91 Å². The molecule has 4 aromatic rings. The van der Waals surface area contributed by atoms with E-state index < -0.39 is 17.5 Å². The van der Waals surface area contributed by atoms with Gasteiger partial charge < -0.3 is 15.6 Å². The van der Waals surface area contributed by atoms with Crippen molar-refractivity contribution >= 4 is 22.6 Å². The Morgan fingerprint density at radius 1 is 1.14 bits per heavy atom. The Morgan fingerprint density at radius 3 is 2.71 bits per heavy atom. The van der Waals surface area contributed by atoms with Crippen molar-refractivity contribution < 1.29 is 18.0 Å². The summed E-state index contributed by atoms with van der Waals surface area (Å²) in [5.41, 5.74) is 1.73. The number of benzene rings is 1. The Labute approximate surface area is 199 Å². The SMILES string of the molecule is Cc1cc(C(=O)N[C@@H]2CCCC(Nc3nc(-c4c[nH]c5c(F)cc(F)cc45)ncc3F)C2)nn1C. The number of fused-ring (bicyclic) bond motifs is 1. The topological polar surface area (TPSA) is 101 Å². The van der Waals surface area contributed by atoms with Crippen LogP contribution in [0.15, 0.2) is 30.6 Å². The van der Waals surface area contributed by atoms with E-state index in [0.29, 0.717) is 17.7 Å². The first-order valence-corrected chi connectivity index (χ1v) is 11.4. The van der Waals surface area contributed by atoms with Crippen molar-refractivity contribution in [3.63, 3.8) is 0 Å². The summed E-state index contributed by atoms with van der Waals surface area (Å²) in [5, 5.41) is 10.6. The summed E-state index contributed by atoms with van der Waals surface area (Å²) >= 11 is 0. The van der Waals surface area contributed by atoms with Gasteiger partial charge in [-0.25, -0.2) is 23.1 Å². The summed E-state index contributed by atoms with van der Waals surface area (Å²) < 4.78 is 44.1. The average molecular weight is 483 g/mol. The van der Waals surface area contributed by atoms with Crippen molar-refractivity contribution in [2.75, 3.05) is 5.32 Å². The largest absolute Gasteiger partial charge is 0.365 e. The van der Waals surface area contributed by atoms with Gasteiger partial charge in [0.2, 0.25) is 0 Å². The van der Waals surface area contributed by atoms with Crippen LogP contribution in [-0.2, 0) is 7.05 Å². The average Bonchev–Trinajstić information content (AvgIpc) is 3.39. The number of hydrogen-bond acceptors (Lipinski definition) is 5. The zero-order valence-electron chi connectivity index (χ0n) is 19.2. The maximum Gasteiger partial charge on any atom is 0.272 e. The second kappa shape index (κ2) is 9.05. The van der Waals surface area contributed by atoms with Gasteiger partial charge in [0.05, 0.1) is 11.7 Å². The number of aromatic nitrogens is 5. The van der Waals surface area contributed by atoms with E-state index in [4.69, 9.17) is 0 Å². The van der Waals surface area contributed by atoms with Crippen molar-refractivity contribution in [3.8, 4) is 11.4 Å². The lowest BCUT2D eigenvalue weighted by Gasteiger charge is -2.30. The second-order valence-corrected chi connectivity index (χ2v) is 8.88. The molecule has 2 atom stereocenters. The van der Waals surface area contributed by atoms with Gasteiger partial charge in [-0.15, -0.1) is 0 Å². The molecule has 5 rings (SSSR count). The summed E-state index contributed by atoms with van der Waals surface area (Å²) in [6, 6.07) is 3.47. The maximum atomic E-state index is 14.6. The van der Waals surface area contributed by atoms with Crippen LogP contribution in [0.4, 0.5) is 19.0 Å². The number of amides is 1. The summed E-state index contributed by atoms with van der Waals surface area (Å²) in [6.45, 7) is 1.87. The van der Waals surface area contributed by atoms with Gasteiger partial charge in [0.1, 0.15) is 17.3 Å². The van der Waals surface area contributed by atoms with Crippen LogP contribution in [0.3, 0.4) is 0 Å². The number of nitrogens with one attached hydrogen (secondary N) is 3. The highest BCUT2D eigenvalue weighted by Gasteiger charge is 2.26. The van der Waals surface area contributed by atoms with Crippen molar-refractivity contribution in [2.45, 2.75) is 44.7 Å². The molecule has 3 N–H and O–H groups in total. The van der Waals surface area contributed by atoms with Gasteiger partial charge in [-0.3, -0.25) is 9.48 Å². The summed E-state index contributed by atoms with van der Waals surface area (Å²) in [4.78, 5) is 23.7. The number of carbonyl (C=O) groups excluding carboxylic acids is 1. The Balaban J connectivity index is 1.32. The van der Waals surface area contributed by atoms with Gasteiger partial charge in [0, 0.05) is 48.0 Å². The zero-order valence-corrected chi connectivity index (χ0v) is 19.2. The number of rotatable bonds is 5. The van der Waals surface area contributed by atoms with E-state index in [-0.39, 0.29) is 40.5 Å². The van der Waals surface area contributed by atoms with Crippen LogP contribution in [0.1, 0.15) is 41.9 Å². The van der Waals surface area contributed by atoms with E-state index >= 15 is 0 Å². The fraction of sp³-hybridized carbons (Fsp3) is 0.333. The van der Waals surface area contributed by atoms with Crippen LogP contribution >= 0.6 is 0 Å². The number of aromatic amines is 1. The molecule has 0 spiro atoms. The van der Waals surface area contributed by atoms with E-state index in [0.717, 1.165) is 37.2 Å². The lowest BCUT2D eigenvalue weighted by atomic mass is 9.91. The third-order valence-electron chi connectivity index (χ3n) is 6.39. The van der Waals surface area contributed by atoms with E-state index in [2.05, 4.69) is 30.7 Å². The Kier molecular flexibility index (Phi) is 5.91. The quantitative estimate of drug-likeness (QED) is 0.394. The van der Waals surface area contributed by atoms with Gasteiger partial charge in [0.15, 0.2) is 17.5 Å². The number of hydrogen-bond donors (Lipinski definition) is 3. The molecule has 3 aromatic heterocycles. The van der Waals surface area contributed by atoms with Crippen molar-refractivity contribution in [1.82, 2.24) is 30.0 Å². The molecule has 0 aliphatic heterocycles. The van der Waals surface area contributed by atoms with Gasteiger partial charge in [-0.1, -0.05) is 0 Å². The number of aryl methyl sites for hydroxylation is 2. The first kappa shape index (κ1) is 22.9. The zero-order chi connectivity index (χ0) is 24.7. The number of carbonyl (C=O) groups is 1. The number of anilines is 1. The first-order valence-electron chi connectivity index (χ1n) is 11.4. The van der Waals surface area contributed by atoms with E-state index in [1.807, 2.05) is 6.92 Å². The summed E-state index contributed by atoms with van der Waals surface area (Å²) in [6.07, 6.45) is 5.50. The third kappa shape index (κ3) is 4.58. The fourth-order valence-corrected chi connectivity index (χ4v) is 4.51. The van der Waals surface area contributed by atoms with Gasteiger partial charge >= 0.3 is 0 Å². The first-order chi connectivity index (χ1) is 16.8. The van der Waals surface area contributed by atoms with Crippen LogP contribution < -0.4 is 10.6 Å². The highest BCUT2D eigenvalue weighted by atomic mass is 19.1. The molecule has 0 bridgehead atoms. The predicted molar refractivity (Wildman–Crippen MR) is 124 cm³/mol. The van der Waals surface area contributed by atoms with Crippen molar-refractivity contribution in [1.29, 1.82) is 0 Å². The maximum absolute atomic E-state index is 14.6. The normalized spacial score (nSPS) is 18.1. The highest BCUT2D eigenvalue weighted by Crippen LogP contribution is 2.30. The minimum atomic E-state index is -0.733. The Hall–Kier alpha value is -3.89. The number of nitrogens with zero attached hydrogens (tertiary/aromatic N) is 4. The van der Waals surface area contributed by atoms with Gasteiger partial charge in [-0.2, -0.15) is 5.10 Å². The van der Waals surface area contributed by atoms with Crippen LogP contribution in [0, 0.1) is 24.4 Å². The predicted octanol–water partition coefficient (Wildman–Crippen LogP) is 4.24. The molecular formula is C24H24F3N7O. The van der Waals surface area contributed by atoms with Crippen LogP contribution in [0.25, 0.3) is 22.3 Å². The minimum Gasteiger partial charge on any atom is -0.365 e. The Bertz CT molecular complexity index is 1390. The van der Waals surface area contributed by atoms with Crippen LogP contribution in [0.2, 0.25) is 0 Å². The van der Waals surface area contributed by atoms with E-state index in [1.165, 1.54) is 12.3 Å².